The van der Waals surface area contributed by atoms with Gasteiger partial charge in [-0.1, -0.05) is 71.3 Å². The van der Waals surface area contributed by atoms with Crippen molar-refractivity contribution in [3.8, 4) is 0 Å². The standard InChI is InChI=1S/C19H37N.CH4O3S/c1-3-5-6-7-8-9-10-11-12-13-15-19-16-14-18-20(19)17-4-2;1-5(2,3)4/h15H,3-14,16-18H2,1-2H3;1H3,(H,2,3,4). The predicted octanol–water partition coefficient (Wildman–Crippen LogP) is 5.80. The molecule has 4 nitrogen and oxygen atoms in total. The zero-order valence-corrected chi connectivity index (χ0v) is 17.6. The molecular weight excluding hydrogens is 334 g/mol. The molecule has 0 aromatic carbocycles. The molecule has 0 radical (unpaired) electrons. The van der Waals surface area contributed by atoms with Crippen LogP contribution in [0.1, 0.15) is 97.3 Å². The van der Waals surface area contributed by atoms with Gasteiger partial charge >= 0.3 is 0 Å². The van der Waals surface area contributed by atoms with Gasteiger partial charge in [-0.25, -0.2) is 0 Å². The number of likely N-dealkylation sites (tertiary alicyclic amines) is 1. The summed E-state index contributed by atoms with van der Waals surface area (Å²) in [6.07, 6.45) is 21.5. The summed E-state index contributed by atoms with van der Waals surface area (Å²) in [5, 5.41) is 0. The van der Waals surface area contributed by atoms with Gasteiger partial charge in [-0.05, 0) is 32.1 Å². The Kier molecular flexibility index (Phi) is 15.3. The number of nitrogens with zero attached hydrogens (tertiary/aromatic N) is 1. The number of unbranched alkanes of at least 4 members (excludes halogenated alkanes) is 9. The quantitative estimate of drug-likeness (QED) is 0.346. The minimum absolute atomic E-state index is 0.715. The third-order valence-electron chi connectivity index (χ3n) is 4.45. The molecule has 1 fully saturated rings. The third kappa shape index (κ3) is 18.0. The van der Waals surface area contributed by atoms with Gasteiger partial charge in [0.1, 0.15) is 0 Å². The molecule has 0 aliphatic carbocycles. The van der Waals surface area contributed by atoms with Crippen molar-refractivity contribution in [2.24, 2.45) is 0 Å². The summed E-state index contributed by atoms with van der Waals surface area (Å²) >= 11 is 0. The lowest BCUT2D eigenvalue weighted by Gasteiger charge is -2.18. The zero-order chi connectivity index (χ0) is 19.0. The van der Waals surface area contributed by atoms with E-state index in [1.807, 2.05) is 0 Å². The van der Waals surface area contributed by atoms with E-state index in [2.05, 4.69) is 24.8 Å². The van der Waals surface area contributed by atoms with Crippen LogP contribution in [0.15, 0.2) is 11.8 Å². The van der Waals surface area contributed by atoms with E-state index < -0.39 is 10.1 Å². The van der Waals surface area contributed by atoms with Crippen LogP contribution in [0.2, 0.25) is 0 Å². The molecule has 0 saturated carbocycles. The second-order valence-electron chi connectivity index (χ2n) is 7.14. The molecule has 1 heterocycles. The fraction of sp³-hybridized carbons (Fsp3) is 0.900. The van der Waals surface area contributed by atoms with Crippen LogP contribution in [-0.4, -0.2) is 37.2 Å². The van der Waals surface area contributed by atoms with Crippen LogP contribution in [0.4, 0.5) is 0 Å². The number of allylic oxidation sites excluding steroid dienone is 2. The summed E-state index contributed by atoms with van der Waals surface area (Å²) in [4.78, 5) is 2.60. The molecule has 0 atom stereocenters. The largest absolute Gasteiger partial charge is 0.375 e. The van der Waals surface area contributed by atoms with Crippen molar-refractivity contribution in [2.75, 3.05) is 19.3 Å². The summed E-state index contributed by atoms with van der Waals surface area (Å²) in [5.74, 6) is 0. The van der Waals surface area contributed by atoms with Gasteiger partial charge in [-0.3, -0.25) is 4.55 Å². The molecule has 0 amide bonds. The molecule has 0 unspecified atom stereocenters. The highest BCUT2D eigenvalue weighted by atomic mass is 32.2. The van der Waals surface area contributed by atoms with E-state index in [1.165, 1.54) is 96.6 Å². The molecule has 1 saturated heterocycles. The highest BCUT2D eigenvalue weighted by Crippen LogP contribution is 2.22. The lowest BCUT2D eigenvalue weighted by Crippen LogP contribution is -2.18. The minimum atomic E-state index is -3.67. The van der Waals surface area contributed by atoms with E-state index in [0.717, 1.165) is 0 Å². The molecule has 150 valence electrons. The summed E-state index contributed by atoms with van der Waals surface area (Å²) in [5.41, 5.74) is 1.64. The van der Waals surface area contributed by atoms with Crippen molar-refractivity contribution in [1.29, 1.82) is 0 Å². The first-order chi connectivity index (χ1) is 11.9. The fourth-order valence-corrected chi connectivity index (χ4v) is 3.23. The molecule has 1 N–H and O–H groups in total. The van der Waals surface area contributed by atoms with Crippen LogP contribution < -0.4 is 0 Å². The smallest absolute Gasteiger partial charge is 0.261 e. The summed E-state index contributed by atoms with van der Waals surface area (Å²) in [6, 6.07) is 0. The van der Waals surface area contributed by atoms with Crippen molar-refractivity contribution in [3.05, 3.63) is 11.8 Å². The van der Waals surface area contributed by atoms with E-state index in [-0.39, 0.29) is 0 Å². The van der Waals surface area contributed by atoms with Gasteiger partial charge in [0.05, 0.1) is 6.26 Å². The van der Waals surface area contributed by atoms with Gasteiger partial charge in [0.25, 0.3) is 10.1 Å². The molecule has 1 aliphatic heterocycles. The lowest BCUT2D eigenvalue weighted by molar-refractivity contribution is 0.390. The summed E-state index contributed by atoms with van der Waals surface area (Å²) in [7, 11) is -3.67. The number of hydrogen-bond donors (Lipinski definition) is 1. The highest BCUT2D eigenvalue weighted by molar-refractivity contribution is 7.85. The van der Waals surface area contributed by atoms with E-state index in [0.29, 0.717) is 6.26 Å². The van der Waals surface area contributed by atoms with E-state index >= 15 is 0 Å². The third-order valence-corrected chi connectivity index (χ3v) is 4.45. The molecule has 0 aromatic heterocycles. The second kappa shape index (κ2) is 15.7. The summed E-state index contributed by atoms with van der Waals surface area (Å²) in [6.45, 7) is 7.15. The van der Waals surface area contributed by atoms with Crippen molar-refractivity contribution in [1.82, 2.24) is 4.90 Å². The first-order valence-electron chi connectivity index (χ1n) is 10.2. The molecule has 1 aliphatic rings. The van der Waals surface area contributed by atoms with Crippen LogP contribution in [0.5, 0.6) is 0 Å². The fourth-order valence-electron chi connectivity index (χ4n) is 3.23. The molecule has 5 heteroatoms. The van der Waals surface area contributed by atoms with E-state index in [4.69, 9.17) is 4.55 Å². The molecule has 1 rings (SSSR count). The molecule has 0 bridgehead atoms. The van der Waals surface area contributed by atoms with Crippen molar-refractivity contribution >= 4 is 10.1 Å². The van der Waals surface area contributed by atoms with Gasteiger partial charge in [0.2, 0.25) is 0 Å². The Morgan fingerprint density at radius 1 is 0.960 bits per heavy atom. The Hall–Kier alpha value is -0.550. The topological polar surface area (TPSA) is 57.6 Å². The van der Waals surface area contributed by atoms with Gasteiger partial charge in [0, 0.05) is 18.8 Å². The van der Waals surface area contributed by atoms with Crippen LogP contribution in [0.3, 0.4) is 0 Å². The Morgan fingerprint density at radius 3 is 2.00 bits per heavy atom. The Labute approximate surface area is 156 Å². The SMILES string of the molecule is CCCCCCCCCCCC=C1CCCN1CCC.CS(=O)(=O)O. The average molecular weight is 376 g/mol. The minimum Gasteiger partial charge on any atom is -0.375 e. The second-order valence-corrected chi connectivity index (χ2v) is 8.60. The van der Waals surface area contributed by atoms with Crippen LogP contribution in [0.25, 0.3) is 0 Å². The molecule has 0 aromatic rings. The maximum absolute atomic E-state index is 9.19. The Morgan fingerprint density at radius 2 is 1.48 bits per heavy atom. The lowest BCUT2D eigenvalue weighted by atomic mass is 10.1. The Bertz CT molecular complexity index is 424. The highest BCUT2D eigenvalue weighted by Gasteiger charge is 2.14. The number of hydrogen-bond acceptors (Lipinski definition) is 3. The van der Waals surface area contributed by atoms with Crippen LogP contribution in [0, 0.1) is 0 Å². The van der Waals surface area contributed by atoms with Crippen molar-refractivity contribution < 1.29 is 13.0 Å². The maximum Gasteiger partial charge on any atom is 0.261 e. The molecular formula is C20H41NO3S. The average Bonchev–Trinajstić information content (AvgIpc) is 2.95. The maximum atomic E-state index is 9.19. The van der Waals surface area contributed by atoms with Crippen LogP contribution >= 0.6 is 0 Å². The van der Waals surface area contributed by atoms with Crippen molar-refractivity contribution in [3.63, 3.8) is 0 Å². The van der Waals surface area contributed by atoms with Gasteiger partial charge in [0.15, 0.2) is 0 Å². The predicted molar refractivity (Wildman–Crippen MR) is 108 cm³/mol. The number of rotatable bonds is 12. The summed E-state index contributed by atoms with van der Waals surface area (Å²) < 4.78 is 25.9. The molecule has 25 heavy (non-hydrogen) atoms. The molecule has 0 spiro atoms. The van der Waals surface area contributed by atoms with Gasteiger partial charge in [-0.15, -0.1) is 0 Å². The van der Waals surface area contributed by atoms with Crippen molar-refractivity contribution in [2.45, 2.75) is 97.3 Å². The van der Waals surface area contributed by atoms with Gasteiger partial charge < -0.3 is 4.90 Å². The van der Waals surface area contributed by atoms with Gasteiger partial charge in [-0.2, -0.15) is 8.42 Å². The van der Waals surface area contributed by atoms with E-state index in [1.54, 1.807) is 5.70 Å². The first kappa shape index (κ1) is 24.5. The van der Waals surface area contributed by atoms with Crippen LogP contribution in [-0.2, 0) is 10.1 Å². The normalized spacial score (nSPS) is 16.2. The monoisotopic (exact) mass is 375 g/mol. The Balaban J connectivity index is 0.00000101. The first-order valence-corrected chi connectivity index (χ1v) is 12.1. The van der Waals surface area contributed by atoms with E-state index in [9.17, 15) is 8.42 Å². The zero-order valence-electron chi connectivity index (χ0n) is 16.8.